The average molecular weight is 706 g/mol. The maximum absolute atomic E-state index is 12.7. The molecule has 0 saturated heterocycles. The van der Waals surface area contributed by atoms with Gasteiger partial charge in [-0.25, -0.2) is 0 Å². The Morgan fingerprint density at radius 1 is 0.548 bits per heavy atom. The van der Waals surface area contributed by atoms with E-state index in [1.54, 1.807) is 0 Å². The van der Waals surface area contributed by atoms with E-state index in [1.807, 2.05) is 0 Å². The lowest BCUT2D eigenvalue weighted by Gasteiger charge is -2.31. The van der Waals surface area contributed by atoms with Crippen LogP contribution in [-0.2, 0) is 50.2 Å². The number of hydrogen-bond donors (Lipinski definition) is 3. The number of rotatable bonds is 11. The van der Waals surface area contributed by atoms with Gasteiger partial charge in [-0.3, -0.25) is 12.9 Å². The number of alkyl halides is 12. The van der Waals surface area contributed by atoms with Gasteiger partial charge in [0.1, 0.15) is 24.7 Å². The zero-order chi connectivity index (χ0) is 33.6. The molecule has 1 aromatic carbocycles. The van der Waals surface area contributed by atoms with E-state index in [-0.39, 0.29) is 18.2 Å². The highest BCUT2D eigenvalue weighted by molar-refractivity contribution is 7.86. The highest BCUT2D eigenvalue weighted by atomic mass is 32.2. The predicted molar refractivity (Wildman–Crippen MR) is 108 cm³/mol. The highest BCUT2D eigenvalue weighted by Gasteiger charge is 2.72. The monoisotopic (exact) mass is 706 g/mol. The van der Waals surface area contributed by atoms with Crippen molar-refractivity contribution in [2.75, 3.05) is 13.2 Å². The van der Waals surface area contributed by atoms with E-state index in [9.17, 15) is 77.9 Å². The van der Waals surface area contributed by atoms with E-state index in [4.69, 9.17) is 14.8 Å². The molecular formula is C16H14F12O11S3. The van der Waals surface area contributed by atoms with Gasteiger partial charge in [0.15, 0.2) is 0 Å². The van der Waals surface area contributed by atoms with E-state index in [1.165, 1.54) is 0 Å². The smallest absolute Gasteiger partial charge is 0.372 e. The maximum Gasteiger partial charge on any atom is 0.428 e. The van der Waals surface area contributed by atoms with Crippen LogP contribution < -0.4 is 0 Å². The maximum atomic E-state index is 12.7. The molecule has 1 aromatic rings. The second-order valence-electron chi connectivity index (χ2n) is 8.10. The first kappa shape index (κ1) is 38.1. The first-order chi connectivity index (χ1) is 18.2. The molecule has 3 N–H and O–H groups in total. The third-order valence-electron chi connectivity index (χ3n) is 4.78. The minimum absolute atomic E-state index is 0.152. The molecule has 246 valence electrons. The summed E-state index contributed by atoms with van der Waals surface area (Å²) in [7, 11) is -16.8. The van der Waals surface area contributed by atoms with Gasteiger partial charge in [0.25, 0.3) is 41.6 Å². The molecule has 0 unspecified atom stereocenters. The Morgan fingerprint density at radius 3 is 1.02 bits per heavy atom. The number of hydrogen-bond acceptors (Lipinski definition) is 10. The Morgan fingerprint density at radius 2 is 0.810 bits per heavy atom. The highest BCUT2D eigenvalue weighted by Crippen LogP contribution is 2.44. The summed E-state index contributed by atoms with van der Waals surface area (Å²) >= 11 is 0. The number of halogens is 12. The van der Waals surface area contributed by atoms with E-state index in [2.05, 4.69) is 8.37 Å². The fraction of sp³-hybridized carbons (Fsp3) is 0.625. The average Bonchev–Trinajstić information content (AvgIpc) is 2.71. The van der Waals surface area contributed by atoms with Gasteiger partial charge >= 0.3 is 24.7 Å². The summed E-state index contributed by atoms with van der Waals surface area (Å²) in [6, 6.07) is 0.563. The first-order valence-corrected chi connectivity index (χ1v) is 14.3. The normalized spacial score (nSPS) is 15.2. The molecule has 11 nitrogen and oxygen atoms in total. The van der Waals surface area contributed by atoms with Crippen LogP contribution >= 0.6 is 0 Å². The molecule has 42 heavy (non-hydrogen) atoms. The molecule has 0 aliphatic carbocycles. The Hall–Kier alpha value is -1.97. The molecule has 0 bridgehead atoms. The Bertz CT molecular complexity index is 1340. The minimum atomic E-state index is -6.54. The van der Waals surface area contributed by atoms with Gasteiger partial charge < -0.3 is 10.2 Å². The summed E-state index contributed by atoms with van der Waals surface area (Å²) < 4.78 is 240. The topological polar surface area (TPSA) is 182 Å². The van der Waals surface area contributed by atoms with Crippen molar-refractivity contribution in [3.8, 4) is 0 Å². The molecule has 0 aromatic heterocycles. The molecule has 0 amide bonds. The molecule has 0 heterocycles. The standard InChI is InChI=1S/C16H14F12O11S3/c17-13(18,19)11(29,14(20,21)22)6-38-40(31,32)4-8-1-9(3-10(2-8)42(35,36)37)5-41(33,34)39-7-12(30,15(23,24)25)16(26,27)28/h1-3,29-30H,4-7H2,(H,35,36,37). The van der Waals surface area contributed by atoms with Gasteiger partial charge in [0.05, 0.1) is 4.90 Å². The fourth-order valence-electron chi connectivity index (χ4n) is 2.53. The minimum Gasteiger partial charge on any atom is -0.372 e. The van der Waals surface area contributed by atoms with E-state index in [0.29, 0.717) is 0 Å². The molecule has 0 spiro atoms. The van der Waals surface area contributed by atoms with Crippen LogP contribution in [0.25, 0.3) is 0 Å². The van der Waals surface area contributed by atoms with Crippen molar-refractivity contribution in [2.45, 2.75) is 52.3 Å². The molecular weight excluding hydrogens is 692 g/mol. The van der Waals surface area contributed by atoms with Crippen molar-refractivity contribution < 1.29 is 101 Å². The van der Waals surface area contributed by atoms with E-state index >= 15 is 0 Å². The Balaban J connectivity index is 3.39. The van der Waals surface area contributed by atoms with Crippen LogP contribution in [0, 0.1) is 0 Å². The van der Waals surface area contributed by atoms with Crippen LogP contribution in [0.3, 0.4) is 0 Å². The molecule has 26 heteroatoms. The summed E-state index contributed by atoms with van der Waals surface area (Å²) in [5, 5.41) is 17.9. The lowest BCUT2D eigenvalue weighted by atomic mass is 10.1. The lowest BCUT2D eigenvalue weighted by molar-refractivity contribution is -0.373. The van der Waals surface area contributed by atoms with Gasteiger partial charge in [-0.1, -0.05) is 6.07 Å². The van der Waals surface area contributed by atoms with Gasteiger partial charge in [0.2, 0.25) is 0 Å². The van der Waals surface area contributed by atoms with Crippen LogP contribution in [0.15, 0.2) is 23.1 Å². The zero-order valence-corrected chi connectivity index (χ0v) is 21.9. The molecule has 0 aliphatic heterocycles. The first-order valence-electron chi connectivity index (χ1n) is 9.74. The van der Waals surface area contributed by atoms with Gasteiger partial charge in [0, 0.05) is 0 Å². The Labute approximate surface area is 226 Å². The van der Waals surface area contributed by atoms with Crippen LogP contribution in [-0.4, -0.2) is 89.1 Å². The van der Waals surface area contributed by atoms with Crippen molar-refractivity contribution >= 4 is 30.4 Å². The van der Waals surface area contributed by atoms with Gasteiger partial charge in [-0.2, -0.15) is 77.9 Å². The van der Waals surface area contributed by atoms with E-state index in [0.717, 1.165) is 0 Å². The van der Waals surface area contributed by atoms with Crippen molar-refractivity contribution in [1.29, 1.82) is 0 Å². The summed E-state index contributed by atoms with van der Waals surface area (Å²) in [4.78, 5) is -1.44. The molecule has 0 aliphatic rings. The second-order valence-corrected chi connectivity index (χ2v) is 12.8. The van der Waals surface area contributed by atoms with E-state index < -0.39 is 107 Å². The molecule has 0 radical (unpaired) electrons. The van der Waals surface area contributed by atoms with Crippen LogP contribution in [0.1, 0.15) is 11.1 Å². The molecule has 0 fully saturated rings. The third kappa shape index (κ3) is 9.02. The van der Waals surface area contributed by atoms with Crippen molar-refractivity contribution in [2.24, 2.45) is 0 Å². The van der Waals surface area contributed by atoms with Crippen molar-refractivity contribution in [3.63, 3.8) is 0 Å². The number of aliphatic hydroxyl groups is 2. The SMILES string of the molecule is O=S(=O)(Cc1cc(CS(=O)(=O)OCC(O)(C(F)(F)F)C(F)(F)F)cc(S(=O)(=O)O)c1)OCC(O)(C(F)(F)F)C(F)(F)F. The zero-order valence-electron chi connectivity index (χ0n) is 19.4. The summed E-state index contributed by atoms with van der Waals surface area (Å²) in [6.45, 7) is -6.03. The summed E-state index contributed by atoms with van der Waals surface area (Å²) in [5.41, 5.74) is -13.7. The summed E-state index contributed by atoms with van der Waals surface area (Å²) in [6.07, 6.45) is -26.2. The fourth-order valence-corrected chi connectivity index (χ4v) is 5.15. The van der Waals surface area contributed by atoms with Gasteiger partial charge in [-0.15, -0.1) is 0 Å². The third-order valence-corrected chi connectivity index (χ3v) is 7.94. The largest absolute Gasteiger partial charge is 0.428 e. The summed E-state index contributed by atoms with van der Waals surface area (Å²) in [5.74, 6) is -3.81. The number of benzene rings is 1. The second kappa shape index (κ2) is 11.5. The molecule has 0 atom stereocenters. The van der Waals surface area contributed by atoms with Crippen molar-refractivity contribution in [1.82, 2.24) is 0 Å². The lowest BCUT2D eigenvalue weighted by Crippen LogP contribution is -2.60. The predicted octanol–water partition coefficient (Wildman–Crippen LogP) is 2.34. The van der Waals surface area contributed by atoms with Crippen LogP contribution in [0.5, 0.6) is 0 Å². The van der Waals surface area contributed by atoms with Crippen LogP contribution in [0.4, 0.5) is 52.7 Å². The van der Waals surface area contributed by atoms with Crippen LogP contribution in [0.2, 0.25) is 0 Å². The van der Waals surface area contributed by atoms with Gasteiger partial charge in [-0.05, 0) is 23.3 Å². The molecule has 1 rings (SSSR count). The Kier molecular flexibility index (Phi) is 10.4. The van der Waals surface area contributed by atoms with Crippen molar-refractivity contribution in [3.05, 3.63) is 29.3 Å². The quantitative estimate of drug-likeness (QED) is 0.175. The molecule has 0 saturated carbocycles.